The number of nitrogen functional groups attached to an aromatic ring is 1. The van der Waals surface area contributed by atoms with E-state index in [1.165, 1.54) is 25.2 Å². The van der Waals surface area contributed by atoms with Gasteiger partial charge in [-0.05, 0) is 43.4 Å². The summed E-state index contributed by atoms with van der Waals surface area (Å²) in [5, 5.41) is 5.88. The van der Waals surface area contributed by atoms with Crippen LogP contribution in [0, 0.1) is 11.8 Å². The first-order chi connectivity index (χ1) is 16.5. The maximum atomic E-state index is 12.0. The predicted octanol–water partition coefficient (Wildman–Crippen LogP) is 3.11. The fourth-order valence-electron chi connectivity index (χ4n) is 4.52. The quantitative estimate of drug-likeness (QED) is 0.362. The Morgan fingerprint density at radius 3 is 2.82 bits per heavy atom. The number of aromatic nitrogens is 6. The molecule has 2 N–H and O–H groups in total. The molecule has 4 aromatic rings. The first-order valence-corrected chi connectivity index (χ1v) is 11.5. The predicted molar refractivity (Wildman–Crippen MR) is 129 cm³/mol. The van der Waals surface area contributed by atoms with Crippen LogP contribution < -0.4 is 5.73 Å². The Morgan fingerprint density at radius 2 is 2.03 bits per heavy atom. The summed E-state index contributed by atoms with van der Waals surface area (Å²) >= 11 is 6.58. The van der Waals surface area contributed by atoms with Crippen LogP contribution in [0.4, 0.5) is 5.82 Å². The zero-order chi connectivity index (χ0) is 23.4. The third-order valence-corrected chi connectivity index (χ3v) is 6.75. The third-order valence-electron chi connectivity index (χ3n) is 6.43. The average Bonchev–Trinajstić information content (AvgIpc) is 3.25. The van der Waals surface area contributed by atoms with E-state index in [0.29, 0.717) is 52.3 Å². The van der Waals surface area contributed by atoms with Crippen molar-refractivity contribution in [2.75, 3.05) is 18.8 Å². The van der Waals surface area contributed by atoms with Crippen LogP contribution in [0.5, 0.6) is 0 Å². The molecule has 4 heterocycles. The number of carbonyl (C=O) groups is 1. The molecule has 170 valence electrons. The molecule has 2 fully saturated rings. The van der Waals surface area contributed by atoms with Crippen molar-refractivity contribution in [3.8, 4) is 11.8 Å². The highest BCUT2D eigenvalue weighted by Crippen LogP contribution is 2.38. The summed E-state index contributed by atoms with van der Waals surface area (Å²) in [4.78, 5) is 26.8. The lowest BCUT2D eigenvalue weighted by Gasteiger charge is -2.14. The number of anilines is 1. The topological polar surface area (TPSA) is 108 Å². The minimum absolute atomic E-state index is 0.0393. The number of amides is 1. The second-order valence-corrected chi connectivity index (χ2v) is 9.04. The van der Waals surface area contributed by atoms with Crippen LogP contribution >= 0.6 is 11.6 Å². The van der Waals surface area contributed by atoms with E-state index in [1.54, 1.807) is 9.58 Å². The van der Waals surface area contributed by atoms with E-state index in [-0.39, 0.29) is 11.9 Å². The number of halogens is 1. The van der Waals surface area contributed by atoms with Gasteiger partial charge in [0.05, 0.1) is 33.8 Å². The Morgan fingerprint density at radius 1 is 1.18 bits per heavy atom. The molecule has 0 spiro atoms. The molecule has 1 aliphatic carbocycles. The zero-order valence-electron chi connectivity index (χ0n) is 18.3. The van der Waals surface area contributed by atoms with E-state index in [9.17, 15) is 4.79 Å². The molecule has 1 aliphatic heterocycles. The van der Waals surface area contributed by atoms with Crippen LogP contribution in [0.2, 0.25) is 5.02 Å². The highest BCUT2D eigenvalue weighted by Gasteiger charge is 2.29. The number of imidazole rings is 1. The zero-order valence-corrected chi connectivity index (χ0v) is 19.0. The van der Waals surface area contributed by atoms with Gasteiger partial charge in [-0.25, -0.2) is 19.6 Å². The number of fused-ring (bicyclic) bond motifs is 2. The monoisotopic (exact) mass is 472 g/mol. The number of carbonyl (C=O) groups excluding carboxylic acids is 1. The van der Waals surface area contributed by atoms with Gasteiger partial charge in [-0.15, -0.1) is 0 Å². The highest BCUT2D eigenvalue weighted by atomic mass is 35.5. The van der Waals surface area contributed by atoms with E-state index < -0.39 is 0 Å². The third kappa shape index (κ3) is 3.38. The SMILES string of the molecule is C=CC(=O)N1CCC(n2nc(C#Cc3cc4ncn(C5CC5)c4cc3Cl)c3c(N)ncnc32)C1. The summed E-state index contributed by atoms with van der Waals surface area (Å²) in [7, 11) is 0. The largest absolute Gasteiger partial charge is 0.383 e. The van der Waals surface area contributed by atoms with Gasteiger partial charge in [-0.1, -0.05) is 24.1 Å². The molecule has 0 radical (unpaired) electrons. The van der Waals surface area contributed by atoms with Gasteiger partial charge in [0.2, 0.25) is 5.91 Å². The van der Waals surface area contributed by atoms with Crippen molar-refractivity contribution in [2.45, 2.75) is 31.3 Å². The number of rotatable bonds is 3. The van der Waals surface area contributed by atoms with E-state index in [1.807, 2.05) is 18.5 Å². The summed E-state index contributed by atoms with van der Waals surface area (Å²) in [6.07, 6.45) is 7.70. The molecule has 0 bridgehead atoms. The maximum Gasteiger partial charge on any atom is 0.246 e. The number of nitrogens with two attached hydrogens (primary N) is 1. The van der Waals surface area contributed by atoms with Crippen molar-refractivity contribution in [2.24, 2.45) is 0 Å². The lowest BCUT2D eigenvalue weighted by Crippen LogP contribution is -2.27. The second-order valence-electron chi connectivity index (χ2n) is 8.64. The van der Waals surface area contributed by atoms with E-state index in [2.05, 4.69) is 37.9 Å². The molecule has 6 rings (SSSR count). The van der Waals surface area contributed by atoms with E-state index >= 15 is 0 Å². The van der Waals surface area contributed by atoms with Crippen LogP contribution in [-0.4, -0.2) is 53.2 Å². The Bertz CT molecular complexity index is 1540. The number of nitrogens with zero attached hydrogens (tertiary/aromatic N) is 7. The fourth-order valence-corrected chi connectivity index (χ4v) is 4.73. The van der Waals surface area contributed by atoms with Gasteiger partial charge in [0, 0.05) is 24.7 Å². The molecule has 3 aromatic heterocycles. The van der Waals surface area contributed by atoms with Crippen LogP contribution in [-0.2, 0) is 4.79 Å². The highest BCUT2D eigenvalue weighted by molar-refractivity contribution is 6.32. The molecular weight excluding hydrogens is 452 g/mol. The molecule has 2 aliphatic rings. The molecule has 1 saturated heterocycles. The molecule has 1 unspecified atom stereocenters. The molecule has 1 saturated carbocycles. The minimum atomic E-state index is -0.0951. The van der Waals surface area contributed by atoms with E-state index in [4.69, 9.17) is 22.4 Å². The number of likely N-dealkylation sites (tertiary alicyclic amines) is 1. The van der Waals surface area contributed by atoms with Crippen molar-refractivity contribution >= 4 is 45.4 Å². The van der Waals surface area contributed by atoms with Crippen molar-refractivity contribution in [1.29, 1.82) is 0 Å². The molecule has 34 heavy (non-hydrogen) atoms. The van der Waals surface area contributed by atoms with Gasteiger partial charge < -0.3 is 15.2 Å². The summed E-state index contributed by atoms with van der Waals surface area (Å²) in [6, 6.07) is 4.30. The van der Waals surface area contributed by atoms with Gasteiger partial charge in [-0.3, -0.25) is 4.79 Å². The number of hydrogen-bond donors (Lipinski definition) is 1. The molecular formula is C24H21ClN8O. The lowest BCUT2D eigenvalue weighted by molar-refractivity contribution is -0.125. The van der Waals surface area contributed by atoms with Crippen LogP contribution in [0.1, 0.15) is 42.6 Å². The molecule has 10 heteroatoms. The first-order valence-electron chi connectivity index (χ1n) is 11.1. The summed E-state index contributed by atoms with van der Waals surface area (Å²) in [5.41, 5.74) is 9.80. The Labute approximate surface area is 200 Å². The Kier molecular flexibility index (Phi) is 4.78. The average molecular weight is 473 g/mol. The van der Waals surface area contributed by atoms with Gasteiger partial charge >= 0.3 is 0 Å². The van der Waals surface area contributed by atoms with E-state index in [0.717, 1.165) is 17.5 Å². The number of hydrogen-bond acceptors (Lipinski definition) is 6. The normalized spacial score (nSPS) is 17.8. The minimum Gasteiger partial charge on any atom is -0.383 e. The molecule has 1 atom stereocenters. The van der Waals surface area contributed by atoms with Crippen molar-refractivity contribution in [3.05, 3.63) is 53.7 Å². The van der Waals surface area contributed by atoms with Gasteiger partial charge in [0.25, 0.3) is 0 Å². The standard InChI is InChI=1S/C24H21ClN8O/c1-2-21(34)31-8-7-16(11-31)33-24-22(23(26)27-12-28-24)18(30-33)6-3-14-9-19-20(10-17(14)25)32(13-29-19)15-4-5-15/h2,9-10,12-13,15-16H,1,4-5,7-8,11H2,(H2,26,27,28). The smallest absolute Gasteiger partial charge is 0.246 e. The van der Waals surface area contributed by atoms with Crippen molar-refractivity contribution in [3.63, 3.8) is 0 Å². The molecule has 1 aromatic carbocycles. The van der Waals surface area contributed by atoms with Crippen molar-refractivity contribution < 1.29 is 4.79 Å². The van der Waals surface area contributed by atoms with Gasteiger partial charge in [-0.2, -0.15) is 5.10 Å². The van der Waals surface area contributed by atoms with Crippen LogP contribution in [0.3, 0.4) is 0 Å². The van der Waals surface area contributed by atoms with Crippen LogP contribution in [0.15, 0.2) is 37.4 Å². The first kappa shape index (κ1) is 20.7. The summed E-state index contributed by atoms with van der Waals surface area (Å²) in [6.45, 7) is 4.72. The summed E-state index contributed by atoms with van der Waals surface area (Å²) < 4.78 is 3.98. The molecule has 1 amide bonds. The summed E-state index contributed by atoms with van der Waals surface area (Å²) in [5.74, 6) is 6.48. The number of benzene rings is 1. The molecule has 9 nitrogen and oxygen atoms in total. The second kappa shape index (κ2) is 7.85. The Hall–Kier alpha value is -3.90. The van der Waals surface area contributed by atoms with Gasteiger partial charge in [0.15, 0.2) is 5.65 Å². The lowest BCUT2D eigenvalue weighted by atomic mass is 10.2. The van der Waals surface area contributed by atoms with Gasteiger partial charge in [0.1, 0.15) is 17.8 Å². The van der Waals surface area contributed by atoms with Crippen LogP contribution in [0.25, 0.3) is 22.1 Å². The van der Waals surface area contributed by atoms with Crippen molar-refractivity contribution in [1.82, 2.24) is 34.2 Å². The maximum absolute atomic E-state index is 12.0. The Balaban J connectivity index is 1.39. The fraction of sp³-hybridized carbons (Fsp3) is 0.292.